The van der Waals surface area contributed by atoms with Crippen LogP contribution in [0.25, 0.3) is 11.4 Å². The van der Waals surface area contributed by atoms with Crippen molar-refractivity contribution < 1.29 is 4.39 Å². The molecule has 0 radical (unpaired) electrons. The first-order chi connectivity index (χ1) is 6.36. The van der Waals surface area contributed by atoms with Crippen LogP contribution < -0.4 is 0 Å². The van der Waals surface area contributed by atoms with Gasteiger partial charge < -0.3 is 0 Å². The number of rotatable bonds is 1. The molecule has 0 saturated heterocycles. The Morgan fingerprint density at radius 1 is 0.923 bits per heavy atom. The first kappa shape index (κ1) is 7.79. The molecule has 1 aromatic heterocycles. The molecule has 13 heavy (non-hydrogen) atoms. The number of halogens is 1. The molecule has 0 aliphatic rings. The van der Waals surface area contributed by atoms with Crippen molar-refractivity contribution in [3.8, 4) is 11.4 Å². The van der Waals surface area contributed by atoms with E-state index >= 15 is 0 Å². The maximum absolute atomic E-state index is 12.5. The molecule has 0 aliphatic heterocycles. The second-order valence-corrected chi connectivity index (χ2v) is 2.47. The summed E-state index contributed by atoms with van der Waals surface area (Å²) in [4.78, 5) is 11.6. The number of aromatic nitrogens is 3. The predicted octanol–water partition coefficient (Wildman–Crippen LogP) is 1.68. The summed E-state index contributed by atoms with van der Waals surface area (Å²) in [5.41, 5.74) is 0.781. The standard InChI is InChI=1S/C9H6FN3/c10-8-3-1-7(2-4-8)9-12-5-11-6-13-9/h1-6H. The van der Waals surface area contributed by atoms with Gasteiger partial charge in [0.25, 0.3) is 0 Å². The first-order valence-electron chi connectivity index (χ1n) is 3.74. The Morgan fingerprint density at radius 3 is 2.15 bits per heavy atom. The van der Waals surface area contributed by atoms with Gasteiger partial charge in [0.2, 0.25) is 0 Å². The fourth-order valence-corrected chi connectivity index (χ4v) is 0.987. The van der Waals surface area contributed by atoms with Crippen LogP contribution >= 0.6 is 0 Å². The van der Waals surface area contributed by atoms with E-state index in [2.05, 4.69) is 15.0 Å². The second-order valence-electron chi connectivity index (χ2n) is 2.47. The number of nitrogens with zero attached hydrogens (tertiary/aromatic N) is 3. The van der Waals surface area contributed by atoms with Crippen molar-refractivity contribution in [1.29, 1.82) is 0 Å². The summed E-state index contributed by atoms with van der Waals surface area (Å²) in [6, 6.07) is 6.01. The van der Waals surface area contributed by atoms with Gasteiger partial charge >= 0.3 is 0 Å². The van der Waals surface area contributed by atoms with Gasteiger partial charge in [-0.05, 0) is 24.3 Å². The average Bonchev–Trinajstić information content (AvgIpc) is 2.20. The van der Waals surface area contributed by atoms with Gasteiger partial charge in [-0.2, -0.15) is 0 Å². The smallest absolute Gasteiger partial charge is 0.162 e. The molecule has 0 fully saturated rings. The normalized spacial score (nSPS) is 9.92. The molecule has 64 valence electrons. The predicted molar refractivity (Wildman–Crippen MR) is 45.2 cm³/mol. The van der Waals surface area contributed by atoms with Crippen LogP contribution in [0.2, 0.25) is 0 Å². The Balaban J connectivity index is 2.42. The molecule has 3 nitrogen and oxygen atoms in total. The van der Waals surface area contributed by atoms with E-state index in [1.165, 1.54) is 24.8 Å². The van der Waals surface area contributed by atoms with Crippen molar-refractivity contribution in [1.82, 2.24) is 15.0 Å². The summed E-state index contributed by atoms with van der Waals surface area (Å²) < 4.78 is 12.5. The van der Waals surface area contributed by atoms with Crippen LogP contribution in [0.3, 0.4) is 0 Å². The summed E-state index contributed by atoms with van der Waals surface area (Å²) in [6.45, 7) is 0. The van der Waals surface area contributed by atoms with Crippen LogP contribution in [-0.4, -0.2) is 15.0 Å². The van der Waals surface area contributed by atoms with Crippen LogP contribution in [0.1, 0.15) is 0 Å². The molecule has 0 unspecified atom stereocenters. The van der Waals surface area contributed by atoms with Crippen LogP contribution in [0.15, 0.2) is 36.9 Å². The van der Waals surface area contributed by atoms with Crippen molar-refractivity contribution in [3.63, 3.8) is 0 Å². The third-order valence-corrected chi connectivity index (χ3v) is 1.60. The summed E-state index contributed by atoms with van der Waals surface area (Å²) in [7, 11) is 0. The van der Waals surface area contributed by atoms with Crippen molar-refractivity contribution in [2.45, 2.75) is 0 Å². The van der Waals surface area contributed by atoms with Gasteiger partial charge in [-0.15, -0.1) is 0 Å². The molecule has 0 amide bonds. The van der Waals surface area contributed by atoms with Crippen LogP contribution in [0.5, 0.6) is 0 Å². The van der Waals surface area contributed by atoms with E-state index in [1.54, 1.807) is 12.1 Å². The van der Waals surface area contributed by atoms with E-state index in [9.17, 15) is 4.39 Å². The fraction of sp³-hybridized carbons (Fsp3) is 0. The molecule has 1 heterocycles. The molecule has 1 aromatic carbocycles. The lowest BCUT2D eigenvalue weighted by molar-refractivity contribution is 0.628. The molecular weight excluding hydrogens is 169 g/mol. The minimum Gasteiger partial charge on any atom is -0.225 e. The van der Waals surface area contributed by atoms with Gasteiger partial charge in [0.1, 0.15) is 18.5 Å². The summed E-state index contributed by atoms with van der Waals surface area (Å²) in [6.07, 6.45) is 2.82. The van der Waals surface area contributed by atoms with Gasteiger partial charge in [-0.25, -0.2) is 19.3 Å². The zero-order valence-corrected chi connectivity index (χ0v) is 6.68. The third-order valence-electron chi connectivity index (χ3n) is 1.60. The molecule has 0 spiro atoms. The molecule has 0 N–H and O–H groups in total. The molecule has 4 heteroatoms. The van der Waals surface area contributed by atoms with Gasteiger partial charge in [0, 0.05) is 5.56 Å². The third kappa shape index (κ3) is 1.66. The maximum Gasteiger partial charge on any atom is 0.162 e. The van der Waals surface area contributed by atoms with Gasteiger partial charge in [0.05, 0.1) is 0 Å². The quantitative estimate of drug-likeness (QED) is 0.661. The molecule has 2 rings (SSSR count). The lowest BCUT2D eigenvalue weighted by atomic mass is 10.2. The molecule has 0 saturated carbocycles. The van der Waals surface area contributed by atoms with E-state index in [1.807, 2.05) is 0 Å². The highest BCUT2D eigenvalue weighted by atomic mass is 19.1. The summed E-state index contributed by atoms with van der Waals surface area (Å²) >= 11 is 0. The number of hydrogen-bond donors (Lipinski definition) is 0. The highest BCUT2D eigenvalue weighted by Crippen LogP contribution is 2.12. The average molecular weight is 175 g/mol. The van der Waals surface area contributed by atoms with Gasteiger partial charge in [-0.1, -0.05) is 0 Å². The van der Waals surface area contributed by atoms with E-state index in [0.717, 1.165) is 5.56 Å². The van der Waals surface area contributed by atoms with E-state index < -0.39 is 0 Å². The van der Waals surface area contributed by atoms with Crippen molar-refractivity contribution in [2.75, 3.05) is 0 Å². The van der Waals surface area contributed by atoms with Crippen molar-refractivity contribution in [3.05, 3.63) is 42.7 Å². The fourth-order valence-electron chi connectivity index (χ4n) is 0.987. The number of benzene rings is 1. The Hall–Kier alpha value is -1.84. The van der Waals surface area contributed by atoms with E-state index in [4.69, 9.17) is 0 Å². The SMILES string of the molecule is Fc1ccc(-c2ncncn2)cc1. The van der Waals surface area contributed by atoms with Crippen LogP contribution in [-0.2, 0) is 0 Å². The van der Waals surface area contributed by atoms with Crippen molar-refractivity contribution >= 4 is 0 Å². The van der Waals surface area contributed by atoms with Gasteiger partial charge in [-0.3, -0.25) is 0 Å². The Kier molecular flexibility index (Phi) is 1.96. The van der Waals surface area contributed by atoms with E-state index in [0.29, 0.717) is 5.82 Å². The summed E-state index contributed by atoms with van der Waals surface area (Å²) in [5, 5.41) is 0. The topological polar surface area (TPSA) is 38.7 Å². The zero-order valence-electron chi connectivity index (χ0n) is 6.68. The highest BCUT2D eigenvalue weighted by Gasteiger charge is 1.98. The van der Waals surface area contributed by atoms with Crippen LogP contribution in [0, 0.1) is 5.82 Å². The Labute approximate surface area is 74.3 Å². The minimum atomic E-state index is -0.266. The Morgan fingerprint density at radius 2 is 1.54 bits per heavy atom. The highest BCUT2D eigenvalue weighted by molar-refractivity contribution is 5.53. The minimum absolute atomic E-state index is 0.266. The first-order valence-corrected chi connectivity index (χ1v) is 3.74. The van der Waals surface area contributed by atoms with Crippen molar-refractivity contribution in [2.24, 2.45) is 0 Å². The second kappa shape index (κ2) is 3.26. The maximum atomic E-state index is 12.5. The monoisotopic (exact) mass is 175 g/mol. The summed E-state index contributed by atoms with van der Waals surface area (Å²) in [5.74, 6) is 0.285. The molecular formula is C9H6FN3. The largest absolute Gasteiger partial charge is 0.225 e. The number of hydrogen-bond acceptors (Lipinski definition) is 3. The zero-order chi connectivity index (χ0) is 9.10. The van der Waals surface area contributed by atoms with Crippen LogP contribution in [0.4, 0.5) is 4.39 Å². The molecule has 2 aromatic rings. The lowest BCUT2D eigenvalue weighted by Crippen LogP contribution is -1.88. The Bertz CT molecular complexity index is 385. The molecule has 0 aliphatic carbocycles. The lowest BCUT2D eigenvalue weighted by Gasteiger charge is -1.96. The molecule has 0 atom stereocenters. The molecule has 0 bridgehead atoms. The van der Waals surface area contributed by atoms with E-state index in [-0.39, 0.29) is 5.82 Å². The van der Waals surface area contributed by atoms with Gasteiger partial charge in [0.15, 0.2) is 5.82 Å².